The van der Waals surface area contributed by atoms with E-state index in [2.05, 4.69) is 17.2 Å². The number of aliphatic hydroxyl groups excluding tert-OH is 1. The number of aliphatic hydroxyl groups is 1. The maximum Gasteiger partial charge on any atom is 0.108 e. The fourth-order valence-electron chi connectivity index (χ4n) is 1.40. The summed E-state index contributed by atoms with van der Waals surface area (Å²) < 4.78 is 1.80. The molecule has 80 valence electrons. The second-order valence-electron chi connectivity index (χ2n) is 3.55. The van der Waals surface area contributed by atoms with Crippen molar-refractivity contribution in [2.24, 2.45) is 0 Å². The first kappa shape index (κ1) is 11.2. The lowest BCUT2D eigenvalue weighted by Crippen LogP contribution is -1.98. The van der Waals surface area contributed by atoms with Crippen LogP contribution in [-0.4, -0.2) is 20.1 Å². The van der Waals surface area contributed by atoms with E-state index in [9.17, 15) is 0 Å². The average Bonchev–Trinajstić information content (AvgIpc) is 2.65. The van der Waals surface area contributed by atoms with E-state index in [1.807, 2.05) is 0 Å². The minimum Gasteiger partial charge on any atom is -0.390 e. The summed E-state index contributed by atoms with van der Waals surface area (Å²) in [6.07, 6.45) is 8.10. The number of rotatable bonds is 7. The summed E-state index contributed by atoms with van der Waals surface area (Å²) in [4.78, 5) is 0. The molecule has 1 rings (SSSR count). The molecule has 0 amide bonds. The molecule has 0 fully saturated rings. The van der Waals surface area contributed by atoms with Gasteiger partial charge in [0, 0.05) is 6.54 Å². The Morgan fingerprint density at radius 3 is 2.71 bits per heavy atom. The number of unbranched alkanes of at least 4 members (excludes halogenated alkanes) is 4. The van der Waals surface area contributed by atoms with Gasteiger partial charge in [0.15, 0.2) is 0 Å². The molecule has 4 nitrogen and oxygen atoms in total. The largest absolute Gasteiger partial charge is 0.390 e. The van der Waals surface area contributed by atoms with Crippen LogP contribution in [0, 0.1) is 0 Å². The topological polar surface area (TPSA) is 50.9 Å². The fraction of sp³-hybridized carbons (Fsp3) is 0.800. The molecule has 0 aromatic carbocycles. The van der Waals surface area contributed by atoms with Crippen molar-refractivity contribution in [3.05, 3.63) is 11.9 Å². The standard InChI is InChI=1S/C10H19N3O/c1-2-3-4-5-6-7-13-8-10(9-14)11-12-13/h8,14H,2-7,9H2,1H3. The van der Waals surface area contributed by atoms with Gasteiger partial charge in [0.1, 0.15) is 5.69 Å². The van der Waals surface area contributed by atoms with Crippen molar-refractivity contribution < 1.29 is 5.11 Å². The Morgan fingerprint density at radius 2 is 2.07 bits per heavy atom. The lowest BCUT2D eigenvalue weighted by Gasteiger charge is -1.99. The van der Waals surface area contributed by atoms with Crippen molar-refractivity contribution >= 4 is 0 Å². The van der Waals surface area contributed by atoms with Gasteiger partial charge in [-0.1, -0.05) is 37.8 Å². The third-order valence-corrected chi connectivity index (χ3v) is 2.24. The monoisotopic (exact) mass is 197 g/mol. The Morgan fingerprint density at radius 1 is 1.29 bits per heavy atom. The van der Waals surface area contributed by atoms with Crippen molar-refractivity contribution in [1.82, 2.24) is 15.0 Å². The van der Waals surface area contributed by atoms with Crippen molar-refractivity contribution in [2.45, 2.75) is 52.2 Å². The van der Waals surface area contributed by atoms with Gasteiger partial charge in [0.25, 0.3) is 0 Å². The molecular weight excluding hydrogens is 178 g/mol. The van der Waals surface area contributed by atoms with Crippen LogP contribution in [0.4, 0.5) is 0 Å². The summed E-state index contributed by atoms with van der Waals surface area (Å²) in [5.74, 6) is 0. The lowest BCUT2D eigenvalue weighted by atomic mass is 10.1. The van der Waals surface area contributed by atoms with E-state index in [1.54, 1.807) is 10.9 Å². The first-order valence-corrected chi connectivity index (χ1v) is 5.36. The molecule has 0 radical (unpaired) electrons. The molecule has 1 aromatic rings. The van der Waals surface area contributed by atoms with Crippen molar-refractivity contribution in [3.63, 3.8) is 0 Å². The minimum absolute atomic E-state index is 0.0180. The summed E-state index contributed by atoms with van der Waals surface area (Å²) in [6.45, 7) is 3.11. The van der Waals surface area contributed by atoms with E-state index in [0.29, 0.717) is 5.69 Å². The first-order valence-electron chi connectivity index (χ1n) is 5.36. The van der Waals surface area contributed by atoms with E-state index in [4.69, 9.17) is 5.11 Å². The van der Waals surface area contributed by atoms with E-state index in [0.717, 1.165) is 13.0 Å². The van der Waals surface area contributed by atoms with Crippen LogP contribution in [-0.2, 0) is 13.2 Å². The van der Waals surface area contributed by atoms with Gasteiger partial charge in [-0.05, 0) is 6.42 Å². The van der Waals surface area contributed by atoms with Gasteiger partial charge in [0.2, 0.25) is 0 Å². The normalized spacial score (nSPS) is 10.7. The predicted molar refractivity (Wildman–Crippen MR) is 54.7 cm³/mol. The number of aryl methyl sites for hydroxylation is 1. The summed E-state index contributed by atoms with van der Waals surface area (Å²) in [5.41, 5.74) is 0.651. The van der Waals surface area contributed by atoms with E-state index >= 15 is 0 Å². The summed E-state index contributed by atoms with van der Waals surface area (Å²) in [6, 6.07) is 0. The molecule has 0 unspecified atom stereocenters. The smallest absolute Gasteiger partial charge is 0.108 e. The van der Waals surface area contributed by atoms with Crippen LogP contribution in [0.5, 0.6) is 0 Å². The van der Waals surface area contributed by atoms with Gasteiger partial charge in [-0.2, -0.15) is 0 Å². The van der Waals surface area contributed by atoms with Gasteiger partial charge in [-0.15, -0.1) is 5.10 Å². The quantitative estimate of drug-likeness (QED) is 0.677. The van der Waals surface area contributed by atoms with Gasteiger partial charge in [-0.25, -0.2) is 0 Å². The first-order chi connectivity index (χ1) is 6.86. The van der Waals surface area contributed by atoms with Gasteiger partial charge >= 0.3 is 0 Å². The highest BCUT2D eigenvalue weighted by molar-refractivity contribution is 4.88. The molecular formula is C10H19N3O. The fourth-order valence-corrected chi connectivity index (χ4v) is 1.40. The van der Waals surface area contributed by atoms with Crippen LogP contribution >= 0.6 is 0 Å². The zero-order chi connectivity index (χ0) is 10.2. The van der Waals surface area contributed by atoms with Gasteiger partial charge < -0.3 is 5.11 Å². The van der Waals surface area contributed by atoms with Crippen LogP contribution < -0.4 is 0 Å². The molecule has 1 aromatic heterocycles. The minimum atomic E-state index is -0.0180. The molecule has 0 aliphatic rings. The highest BCUT2D eigenvalue weighted by Gasteiger charge is 1.97. The van der Waals surface area contributed by atoms with E-state index in [-0.39, 0.29) is 6.61 Å². The molecule has 1 heterocycles. The number of hydrogen-bond acceptors (Lipinski definition) is 3. The zero-order valence-electron chi connectivity index (χ0n) is 8.82. The highest BCUT2D eigenvalue weighted by atomic mass is 16.3. The molecule has 0 aliphatic carbocycles. The number of hydrogen-bond donors (Lipinski definition) is 1. The lowest BCUT2D eigenvalue weighted by molar-refractivity contribution is 0.276. The molecule has 0 atom stereocenters. The highest BCUT2D eigenvalue weighted by Crippen LogP contribution is 2.04. The maximum absolute atomic E-state index is 8.78. The molecule has 0 spiro atoms. The van der Waals surface area contributed by atoms with Crippen LogP contribution in [0.3, 0.4) is 0 Å². The van der Waals surface area contributed by atoms with Crippen LogP contribution in [0.15, 0.2) is 6.20 Å². The molecule has 0 bridgehead atoms. The third-order valence-electron chi connectivity index (χ3n) is 2.24. The van der Waals surface area contributed by atoms with Crippen molar-refractivity contribution in [2.75, 3.05) is 0 Å². The van der Waals surface area contributed by atoms with Crippen molar-refractivity contribution in [1.29, 1.82) is 0 Å². The Labute approximate surface area is 84.9 Å². The summed E-state index contributed by atoms with van der Waals surface area (Å²) in [7, 11) is 0. The number of nitrogens with zero attached hydrogens (tertiary/aromatic N) is 3. The molecule has 14 heavy (non-hydrogen) atoms. The Balaban J connectivity index is 2.12. The molecule has 4 heteroatoms. The third kappa shape index (κ3) is 3.87. The molecule has 0 saturated heterocycles. The zero-order valence-corrected chi connectivity index (χ0v) is 8.82. The van der Waals surface area contributed by atoms with E-state index < -0.39 is 0 Å². The van der Waals surface area contributed by atoms with Crippen LogP contribution in [0.2, 0.25) is 0 Å². The predicted octanol–water partition coefficient (Wildman–Crippen LogP) is 1.74. The van der Waals surface area contributed by atoms with Gasteiger partial charge in [0.05, 0.1) is 12.8 Å². The SMILES string of the molecule is CCCCCCCn1cc(CO)nn1. The summed E-state index contributed by atoms with van der Waals surface area (Å²) >= 11 is 0. The van der Waals surface area contributed by atoms with Gasteiger partial charge in [-0.3, -0.25) is 4.68 Å². The van der Waals surface area contributed by atoms with Crippen molar-refractivity contribution in [3.8, 4) is 0 Å². The Bertz CT molecular complexity index is 247. The second kappa shape index (κ2) is 6.54. The van der Waals surface area contributed by atoms with Crippen LogP contribution in [0.1, 0.15) is 44.7 Å². The maximum atomic E-state index is 8.78. The van der Waals surface area contributed by atoms with E-state index in [1.165, 1.54) is 25.7 Å². The molecule has 1 N–H and O–H groups in total. The van der Waals surface area contributed by atoms with Crippen LogP contribution in [0.25, 0.3) is 0 Å². The second-order valence-corrected chi connectivity index (χ2v) is 3.55. The molecule has 0 saturated carbocycles. The molecule has 0 aliphatic heterocycles. The average molecular weight is 197 g/mol. The Hall–Kier alpha value is -0.900. The number of aromatic nitrogens is 3. The summed E-state index contributed by atoms with van der Waals surface area (Å²) in [5, 5.41) is 16.5. The Kier molecular flexibility index (Phi) is 5.22.